The number of rotatable bonds is 3. The molecule has 2 heterocycles. The summed E-state index contributed by atoms with van der Waals surface area (Å²) in [5.41, 5.74) is 4.12. The molecule has 0 atom stereocenters. The molecule has 1 aromatic heterocycles. The molecule has 2 aromatic rings. The zero-order chi connectivity index (χ0) is 13.2. The van der Waals surface area contributed by atoms with Crippen LogP contribution in [0.1, 0.15) is 27.2 Å². The molecule has 0 unspecified atom stereocenters. The summed E-state index contributed by atoms with van der Waals surface area (Å²) in [5.74, 6) is -0.216. The van der Waals surface area contributed by atoms with E-state index in [-0.39, 0.29) is 5.91 Å². The molecule has 1 aliphatic heterocycles. The lowest BCUT2D eigenvalue weighted by Gasteiger charge is -2.05. The highest BCUT2D eigenvalue weighted by Crippen LogP contribution is 2.22. The van der Waals surface area contributed by atoms with Gasteiger partial charge in [-0.05, 0) is 23.7 Å². The molecule has 0 spiro atoms. The standard InChI is InChI=1S/C14H15N3O2/c1-17-6-11-3-2-10(4-12(11)7-17)5-15-14(18)13-8-19-9-16-13/h2-4,8-9H,5-7H2,1H3,(H,15,18). The van der Waals surface area contributed by atoms with Gasteiger partial charge in [-0.1, -0.05) is 18.2 Å². The summed E-state index contributed by atoms with van der Waals surface area (Å²) < 4.78 is 4.78. The van der Waals surface area contributed by atoms with Crippen LogP contribution in [0.5, 0.6) is 0 Å². The molecule has 0 bridgehead atoms. The molecule has 0 fully saturated rings. The van der Waals surface area contributed by atoms with Crippen molar-refractivity contribution >= 4 is 5.91 Å². The van der Waals surface area contributed by atoms with Crippen molar-refractivity contribution in [3.63, 3.8) is 0 Å². The molecule has 98 valence electrons. The average molecular weight is 257 g/mol. The van der Waals surface area contributed by atoms with Gasteiger partial charge >= 0.3 is 0 Å². The van der Waals surface area contributed by atoms with Gasteiger partial charge in [0.15, 0.2) is 12.1 Å². The third-order valence-electron chi connectivity index (χ3n) is 3.27. The lowest BCUT2D eigenvalue weighted by atomic mass is 10.1. The Hall–Kier alpha value is -2.14. The summed E-state index contributed by atoms with van der Waals surface area (Å²) in [6.45, 7) is 2.48. The highest BCUT2D eigenvalue weighted by Gasteiger charge is 2.15. The highest BCUT2D eigenvalue weighted by atomic mass is 16.3. The number of benzene rings is 1. The molecular weight excluding hydrogens is 242 g/mol. The number of carbonyl (C=O) groups excluding carboxylic acids is 1. The van der Waals surface area contributed by atoms with E-state index in [1.54, 1.807) is 0 Å². The van der Waals surface area contributed by atoms with Gasteiger partial charge in [0.25, 0.3) is 5.91 Å². The molecule has 5 nitrogen and oxygen atoms in total. The number of nitrogens with zero attached hydrogens (tertiary/aromatic N) is 2. The van der Waals surface area contributed by atoms with Crippen LogP contribution in [0, 0.1) is 0 Å². The normalized spacial score (nSPS) is 14.4. The summed E-state index contributed by atoms with van der Waals surface area (Å²) in [4.78, 5) is 17.8. The lowest BCUT2D eigenvalue weighted by Crippen LogP contribution is -2.23. The Labute approximate surface area is 111 Å². The van der Waals surface area contributed by atoms with Crippen LogP contribution in [0.3, 0.4) is 0 Å². The molecule has 1 aliphatic rings. The number of oxazole rings is 1. The van der Waals surface area contributed by atoms with Crippen LogP contribution in [-0.2, 0) is 19.6 Å². The van der Waals surface area contributed by atoms with Crippen molar-refractivity contribution in [1.82, 2.24) is 15.2 Å². The Kier molecular flexibility index (Phi) is 3.05. The first kappa shape index (κ1) is 11.9. The van der Waals surface area contributed by atoms with E-state index in [0.717, 1.165) is 18.7 Å². The third kappa shape index (κ3) is 2.51. The van der Waals surface area contributed by atoms with Crippen molar-refractivity contribution < 1.29 is 9.21 Å². The van der Waals surface area contributed by atoms with E-state index in [2.05, 4.69) is 40.4 Å². The van der Waals surface area contributed by atoms with Crippen LogP contribution < -0.4 is 5.32 Å². The molecule has 5 heteroatoms. The molecule has 19 heavy (non-hydrogen) atoms. The molecule has 0 aliphatic carbocycles. The van der Waals surface area contributed by atoms with E-state index >= 15 is 0 Å². The molecular formula is C14H15N3O2. The third-order valence-corrected chi connectivity index (χ3v) is 3.27. The quantitative estimate of drug-likeness (QED) is 0.906. The minimum atomic E-state index is -0.216. The fourth-order valence-electron chi connectivity index (χ4n) is 2.33. The monoisotopic (exact) mass is 257 g/mol. The second-order valence-corrected chi connectivity index (χ2v) is 4.83. The highest BCUT2D eigenvalue weighted by molar-refractivity contribution is 5.91. The summed E-state index contributed by atoms with van der Waals surface area (Å²) in [5, 5.41) is 2.83. The van der Waals surface area contributed by atoms with Crippen LogP contribution in [0.25, 0.3) is 0 Å². The zero-order valence-corrected chi connectivity index (χ0v) is 10.7. The molecule has 1 amide bonds. The van der Waals surface area contributed by atoms with Gasteiger partial charge in [-0.15, -0.1) is 0 Å². The first-order valence-electron chi connectivity index (χ1n) is 6.18. The van der Waals surface area contributed by atoms with Gasteiger partial charge in [0, 0.05) is 19.6 Å². The summed E-state index contributed by atoms with van der Waals surface area (Å²) in [7, 11) is 2.10. The van der Waals surface area contributed by atoms with Crippen LogP contribution in [0.4, 0.5) is 0 Å². The Morgan fingerprint density at radius 1 is 1.42 bits per heavy atom. The maximum atomic E-state index is 11.7. The number of hydrogen-bond acceptors (Lipinski definition) is 4. The fourth-order valence-corrected chi connectivity index (χ4v) is 2.33. The van der Waals surface area contributed by atoms with E-state index in [1.165, 1.54) is 23.8 Å². The Morgan fingerprint density at radius 3 is 3.05 bits per heavy atom. The Balaban J connectivity index is 1.65. The topological polar surface area (TPSA) is 58.4 Å². The van der Waals surface area contributed by atoms with Crippen LogP contribution in [0.2, 0.25) is 0 Å². The first-order chi connectivity index (χ1) is 9.22. The van der Waals surface area contributed by atoms with Crippen molar-refractivity contribution in [3.05, 3.63) is 53.2 Å². The van der Waals surface area contributed by atoms with E-state index < -0.39 is 0 Å². The second kappa shape index (κ2) is 4.85. The lowest BCUT2D eigenvalue weighted by molar-refractivity contribution is 0.0946. The van der Waals surface area contributed by atoms with Gasteiger partial charge < -0.3 is 9.73 Å². The van der Waals surface area contributed by atoms with Gasteiger partial charge in [0.1, 0.15) is 6.26 Å². The van der Waals surface area contributed by atoms with E-state index in [0.29, 0.717) is 12.2 Å². The smallest absolute Gasteiger partial charge is 0.273 e. The van der Waals surface area contributed by atoms with Gasteiger partial charge in [-0.2, -0.15) is 0 Å². The number of hydrogen-bond donors (Lipinski definition) is 1. The van der Waals surface area contributed by atoms with Crippen LogP contribution >= 0.6 is 0 Å². The number of nitrogens with one attached hydrogen (secondary N) is 1. The zero-order valence-electron chi connectivity index (χ0n) is 10.7. The minimum absolute atomic E-state index is 0.216. The predicted octanol–water partition coefficient (Wildman–Crippen LogP) is 1.55. The van der Waals surface area contributed by atoms with E-state index in [9.17, 15) is 4.79 Å². The van der Waals surface area contributed by atoms with Crippen molar-refractivity contribution in [3.8, 4) is 0 Å². The first-order valence-corrected chi connectivity index (χ1v) is 6.18. The Bertz CT molecular complexity index is 593. The summed E-state index contributed by atoms with van der Waals surface area (Å²) in [6.07, 6.45) is 2.59. The largest absolute Gasteiger partial charge is 0.451 e. The maximum absolute atomic E-state index is 11.7. The molecule has 0 saturated carbocycles. The molecule has 3 rings (SSSR count). The molecule has 0 radical (unpaired) electrons. The molecule has 1 N–H and O–H groups in total. The minimum Gasteiger partial charge on any atom is -0.451 e. The number of fused-ring (bicyclic) bond motifs is 1. The summed E-state index contributed by atoms with van der Waals surface area (Å²) >= 11 is 0. The van der Waals surface area contributed by atoms with Gasteiger partial charge in [-0.3, -0.25) is 9.69 Å². The van der Waals surface area contributed by atoms with Crippen molar-refractivity contribution in [2.45, 2.75) is 19.6 Å². The van der Waals surface area contributed by atoms with E-state index in [1.807, 2.05) is 0 Å². The van der Waals surface area contributed by atoms with Crippen LogP contribution in [-0.4, -0.2) is 22.8 Å². The predicted molar refractivity (Wildman–Crippen MR) is 69.3 cm³/mol. The van der Waals surface area contributed by atoms with Crippen molar-refractivity contribution in [1.29, 1.82) is 0 Å². The van der Waals surface area contributed by atoms with Crippen LogP contribution in [0.15, 0.2) is 35.3 Å². The van der Waals surface area contributed by atoms with Gasteiger partial charge in [0.2, 0.25) is 0 Å². The summed E-state index contributed by atoms with van der Waals surface area (Å²) in [6, 6.07) is 6.35. The molecule has 1 aromatic carbocycles. The van der Waals surface area contributed by atoms with Gasteiger partial charge in [-0.25, -0.2) is 4.98 Å². The Morgan fingerprint density at radius 2 is 2.26 bits per heavy atom. The SMILES string of the molecule is CN1Cc2ccc(CNC(=O)c3cocn3)cc2C1. The fraction of sp³-hybridized carbons (Fsp3) is 0.286. The molecule has 0 saturated heterocycles. The van der Waals surface area contributed by atoms with E-state index in [4.69, 9.17) is 4.42 Å². The van der Waals surface area contributed by atoms with Crippen molar-refractivity contribution in [2.75, 3.05) is 7.05 Å². The average Bonchev–Trinajstić information content (AvgIpc) is 3.03. The number of carbonyl (C=O) groups is 1. The second-order valence-electron chi connectivity index (χ2n) is 4.83. The van der Waals surface area contributed by atoms with Gasteiger partial charge in [0.05, 0.1) is 0 Å². The maximum Gasteiger partial charge on any atom is 0.273 e. The van der Waals surface area contributed by atoms with Crippen molar-refractivity contribution in [2.24, 2.45) is 0 Å². The number of amides is 1. The number of aromatic nitrogens is 1.